The van der Waals surface area contributed by atoms with Crippen molar-refractivity contribution in [2.45, 2.75) is 31.9 Å². The van der Waals surface area contributed by atoms with Crippen molar-refractivity contribution < 1.29 is 19.4 Å². The van der Waals surface area contributed by atoms with Gasteiger partial charge in [0.2, 0.25) is 0 Å². The van der Waals surface area contributed by atoms with Crippen LogP contribution in [0, 0.1) is 0 Å². The summed E-state index contributed by atoms with van der Waals surface area (Å²) in [4.78, 5) is 23.3. The van der Waals surface area contributed by atoms with Gasteiger partial charge in [0.05, 0.1) is 13.0 Å². The van der Waals surface area contributed by atoms with Crippen molar-refractivity contribution in [1.82, 2.24) is 0 Å². The normalized spacial score (nSPS) is 15.8. The van der Waals surface area contributed by atoms with Crippen LogP contribution < -0.4 is 10.1 Å². The Bertz CT molecular complexity index is 862. The lowest BCUT2D eigenvalue weighted by Gasteiger charge is -2.25. The lowest BCUT2D eigenvalue weighted by molar-refractivity contribution is -0.139. The largest absolute Gasteiger partial charge is 0.490 e. The number of amides is 1. The second-order valence-corrected chi connectivity index (χ2v) is 6.35. The fourth-order valence-electron chi connectivity index (χ4n) is 2.98. The van der Waals surface area contributed by atoms with E-state index in [0.29, 0.717) is 30.0 Å². The molecule has 0 aromatic heterocycles. The van der Waals surface area contributed by atoms with E-state index in [9.17, 15) is 9.59 Å². The number of hydrogen-bond donors (Lipinski definition) is 2. The molecule has 0 fully saturated rings. The first-order chi connectivity index (χ1) is 13.0. The molecule has 1 aliphatic rings. The van der Waals surface area contributed by atoms with Crippen LogP contribution in [0.1, 0.15) is 34.3 Å². The van der Waals surface area contributed by atoms with Gasteiger partial charge in [-0.3, -0.25) is 9.59 Å². The van der Waals surface area contributed by atoms with Gasteiger partial charge in [-0.1, -0.05) is 12.1 Å². The summed E-state index contributed by atoms with van der Waals surface area (Å²) in [6, 6.07) is 12.6. The molecule has 0 saturated carbocycles. The first-order valence-electron chi connectivity index (χ1n) is 8.72. The van der Waals surface area contributed by atoms with Crippen LogP contribution in [-0.2, 0) is 17.8 Å². The number of carbonyl (C=O) groups is 2. The molecular formula is C20H21N3O4. The van der Waals surface area contributed by atoms with Crippen molar-refractivity contribution in [3.05, 3.63) is 59.2 Å². The predicted octanol–water partition coefficient (Wildman–Crippen LogP) is 3.69. The number of nitrogens with zero attached hydrogens (tertiary/aromatic N) is 2. The van der Waals surface area contributed by atoms with E-state index < -0.39 is 5.97 Å². The molecule has 0 saturated heterocycles. The van der Waals surface area contributed by atoms with Crippen molar-refractivity contribution >= 4 is 17.6 Å². The van der Waals surface area contributed by atoms with E-state index in [1.165, 1.54) is 0 Å². The number of carbonyl (C=O) groups excluding carboxylic acids is 1. The summed E-state index contributed by atoms with van der Waals surface area (Å²) < 4.78 is 5.72. The molecule has 1 unspecified atom stereocenters. The molecule has 140 valence electrons. The van der Waals surface area contributed by atoms with Crippen LogP contribution in [-0.4, -0.2) is 30.1 Å². The first-order valence-corrected chi connectivity index (χ1v) is 8.72. The molecule has 1 atom stereocenters. The number of ether oxygens (including phenoxy) is 1. The number of carboxylic acids is 1. The molecular weight excluding hydrogens is 346 g/mol. The van der Waals surface area contributed by atoms with E-state index in [0.717, 1.165) is 17.5 Å². The van der Waals surface area contributed by atoms with Crippen molar-refractivity contribution in [1.29, 1.82) is 0 Å². The molecule has 2 aromatic carbocycles. The van der Waals surface area contributed by atoms with Crippen molar-refractivity contribution in [2.75, 3.05) is 12.4 Å². The van der Waals surface area contributed by atoms with Gasteiger partial charge >= 0.3 is 5.97 Å². The molecule has 1 aliphatic heterocycles. The van der Waals surface area contributed by atoms with Gasteiger partial charge in [0.1, 0.15) is 11.9 Å². The summed E-state index contributed by atoms with van der Waals surface area (Å²) in [6.07, 6.45) is 1.06. The maximum absolute atomic E-state index is 12.4. The Kier molecular flexibility index (Phi) is 5.80. The molecule has 2 aromatic rings. The second-order valence-electron chi connectivity index (χ2n) is 6.35. The van der Waals surface area contributed by atoms with Crippen LogP contribution in [0.2, 0.25) is 0 Å². The highest BCUT2D eigenvalue weighted by molar-refractivity contribution is 6.04. The van der Waals surface area contributed by atoms with E-state index in [1.807, 2.05) is 18.2 Å². The number of nitrogens with one attached hydrogen (secondary N) is 1. The van der Waals surface area contributed by atoms with Crippen molar-refractivity contribution in [3.8, 4) is 5.75 Å². The topological polar surface area (TPSA) is 100 Å². The number of aliphatic carboxylic acids is 1. The number of azo groups is 1. The summed E-state index contributed by atoms with van der Waals surface area (Å²) in [5.41, 5.74) is 3.19. The Labute approximate surface area is 157 Å². The SMILES string of the molecule is CN=NCc1ccc(C(=O)Nc2ccc3c(c2)CCC(CC(=O)O)O3)cc1. The minimum atomic E-state index is -0.865. The predicted molar refractivity (Wildman–Crippen MR) is 100 cm³/mol. The zero-order valence-electron chi connectivity index (χ0n) is 15.0. The summed E-state index contributed by atoms with van der Waals surface area (Å²) in [5.74, 6) is -0.379. The average molecular weight is 367 g/mol. The van der Waals surface area contributed by atoms with Crippen molar-refractivity contribution in [3.63, 3.8) is 0 Å². The van der Waals surface area contributed by atoms with Gasteiger partial charge in [-0.25, -0.2) is 0 Å². The standard InChI is InChI=1S/C20H21N3O4/c1-21-22-12-13-2-4-14(5-3-13)20(26)23-16-7-9-18-15(10-16)6-8-17(27-18)11-19(24)25/h2-5,7,9-10,17H,6,8,11-12H2,1H3,(H,23,26)(H,24,25). The summed E-state index contributed by atoms with van der Waals surface area (Å²) in [7, 11) is 1.62. The Morgan fingerprint density at radius 2 is 2.00 bits per heavy atom. The van der Waals surface area contributed by atoms with Gasteiger partial charge in [0.25, 0.3) is 5.91 Å². The molecule has 0 spiro atoms. The first kappa shape index (κ1) is 18.6. The van der Waals surface area contributed by atoms with E-state index in [2.05, 4.69) is 15.5 Å². The van der Waals surface area contributed by atoms with Crippen LogP contribution in [0.4, 0.5) is 5.69 Å². The van der Waals surface area contributed by atoms with Crippen LogP contribution in [0.5, 0.6) is 5.75 Å². The minimum absolute atomic E-state index is 0.00640. The Balaban J connectivity index is 1.64. The van der Waals surface area contributed by atoms with E-state index in [4.69, 9.17) is 9.84 Å². The Morgan fingerprint density at radius 3 is 2.70 bits per heavy atom. The third-order valence-electron chi connectivity index (χ3n) is 4.36. The number of carboxylic acid groups (broad SMARTS) is 1. The molecule has 7 nitrogen and oxygen atoms in total. The van der Waals surface area contributed by atoms with Crippen LogP contribution in [0.25, 0.3) is 0 Å². The lowest BCUT2D eigenvalue weighted by Crippen LogP contribution is -2.25. The zero-order valence-corrected chi connectivity index (χ0v) is 15.0. The highest BCUT2D eigenvalue weighted by Gasteiger charge is 2.22. The van der Waals surface area contributed by atoms with Gasteiger partial charge in [0, 0.05) is 18.3 Å². The zero-order chi connectivity index (χ0) is 19.2. The van der Waals surface area contributed by atoms with Gasteiger partial charge in [0.15, 0.2) is 0 Å². The number of anilines is 1. The minimum Gasteiger partial charge on any atom is -0.490 e. The fraction of sp³-hybridized carbons (Fsp3) is 0.300. The molecule has 2 N–H and O–H groups in total. The fourth-order valence-corrected chi connectivity index (χ4v) is 2.98. The Morgan fingerprint density at radius 1 is 1.22 bits per heavy atom. The van der Waals surface area contributed by atoms with Crippen molar-refractivity contribution in [2.24, 2.45) is 10.2 Å². The number of hydrogen-bond acceptors (Lipinski definition) is 5. The van der Waals surface area contributed by atoms with Gasteiger partial charge < -0.3 is 15.2 Å². The number of benzene rings is 2. The molecule has 0 aliphatic carbocycles. The maximum Gasteiger partial charge on any atom is 0.307 e. The van der Waals surface area contributed by atoms with E-state index in [1.54, 1.807) is 31.3 Å². The van der Waals surface area contributed by atoms with Crippen LogP contribution in [0.3, 0.4) is 0 Å². The van der Waals surface area contributed by atoms with Gasteiger partial charge in [-0.2, -0.15) is 10.2 Å². The number of rotatable bonds is 6. The number of aryl methyl sites for hydroxylation is 1. The van der Waals surface area contributed by atoms with Gasteiger partial charge in [-0.05, 0) is 54.3 Å². The third kappa shape index (κ3) is 4.91. The maximum atomic E-state index is 12.4. The smallest absolute Gasteiger partial charge is 0.307 e. The molecule has 7 heteroatoms. The summed E-state index contributed by atoms with van der Waals surface area (Å²) >= 11 is 0. The quantitative estimate of drug-likeness (QED) is 0.760. The van der Waals surface area contributed by atoms with E-state index in [-0.39, 0.29) is 18.4 Å². The number of fused-ring (bicyclic) bond motifs is 1. The van der Waals surface area contributed by atoms with Crippen LogP contribution in [0.15, 0.2) is 52.7 Å². The molecule has 3 rings (SSSR count). The molecule has 0 bridgehead atoms. The molecule has 27 heavy (non-hydrogen) atoms. The highest BCUT2D eigenvalue weighted by atomic mass is 16.5. The average Bonchev–Trinajstić information content (AvgIpc) is 2.66. The third-order valence-corrected chi connectivity index (χ3v) is 4.36. The highest BCUT2D eigenvalue weighted by Crippen LogP contribution is 2.31. The lowest BCUT2D eigenvalue weighted by atomic mass is 10.00. The Hall–Kier alpha value is -3.22. The second kappa shape index (κ2) is 8.44. The molecule has 1 amide bonds. The summed E-state index contributed by atoms with van der Waals surface area (Å²) in [6.45, 7) is 0.492. The van der Waals surface area contributed by atoms with Gasteiger partial charge in [-0.15, -0.1) is 0 Å². The monoisotopic (exact) mass is 367 g/mol. The summed E-state index contributed by atoms with van der Waals surface area (Å²) in [5, 5.41) is 19.4. The van der Waals surface area contributed by atoms with Crippen LogP contribution >= 0.6 is 0 Å². The molecule has 1 heterocycles. The van der Waals surface area contributed by atoms with E-state index >= 15 is 0 Å². The molecule has 0 radical (unpaired) electrons.